The fourth-order valence-corrected chi connectivity index (χ4v) is 3.20. The average Bonchev–Trinajstić information content (AvgIpc) is 2.53. The summed E-state index contributed by atoms with van der Waals surface area (Å²) < 4.78 is 5.42. The molecule has 0 aromatic heterocycles. The van der Waals surface area contributed by atoms with E-state index < -0.39 is 0 Å². The molecule has 1 aliphatic rings. The fourth-order valence-electron chi connectivity index (χ4n) is 3.20. The van der Waals surface area contributed by atoms with Crippen LogP contribution in [0.25, 0.3) is 0 Å². The Balaban J connectivity index is 1.98. The molecule has 3 nitrogen and oxygen atoms in total. The topological polar surface area (TPSA) is 41.5 Å². The number of aliphatic hydroxyl groups excluding tert-OH is 1. The van der Waals surface area contributed by atoms with E-state index in [1.165, 1.54) is 24.8 Å². The number of aliphatic hydroxyl groups is 1. The summed E-state index contributed by atoms with van der Waals surface area (Å²) in [4.78, 5) is 0. The molecule has 1 aliphatic carbocycles. The normalized spacial score (nSPS) is 19.6. The van der Waals surface area contributed by atoms with Crippen LogP contribution in [0.3, 0.4) is 0 Å². The van der Waals surface area contributed by atoms with Gasteiger partial charge in [-0.2, -0.15) is 0 Å². The molecule has 1 saturated carbocycles. The van der Waals surface area contributed by atoms with E-state index in [-0.39, 0.29) is 11.5 Å². The van der Waals surface area contributed by atoms with E-state index in [9.17, 15) is 5.11 Å². The molecule has 0 spiro atoms. The fraction of sp³-hybridized carbons (Fsp3) is 0.647. The monoisotopic (exact) mass is 277 g/mol. The van der Waals surface area contributed by atoms with Gasteiger partial charge in [0.05, 0.1) is 7.11 Å². The van der Waals surface area contributed by atoms with Crippen molar-refractivity contribution in [1.82, 2.24) is 5.32 Å². The van der Waals surface area contributed by atoms with Crippen molar-refractivity contribution < 1.29 is 9.84 Å². The lowest BCUT2D eigenvalue weighted by atomic mass is 9.74. The number of ether oxygens (including phenoxy) is 1. The second-order valence-electron chi connectivity index (χ2n) is 6.06. The van der Waals surface area contributed by atoms with E-state index in [1.807, 2.05) is 18.2 Å². The third-order valence-electron chi connectivity index (χ3n) is 4.64. The summed E-state index contributed by atoms with van der Waals surface area (Å²) in [6.45, 7) is 3.33. The van der Waals surface area contributed by atoms with Crippen LogP contribution in [0.15, 0.2) is 24.3 Å². The van der Waals surface area contributed by atoms with Crippen molar-refractivity contribution in [1.29, 1.82) is 0 Å². The second kappa shape index (κ2) is 7.09. The number of para-hydroxylation sites is 1. The van der Waals surface area contributed by atoms with Gasteiger partial charge in [0.1, 0.15) is 5.75 Å². The van der Waals surface area contributed by atoms with E-state index in [0.717, 1.165) is 25.1 Å². The first kappa shape index (κ1) is 15.3. The molecule has 0 bridgehead atoms. The average molecular weight is 277 g/mol. The molecule has 112 valence electrons. The Morgan fingerprint density at radius 2 is 1.95 bits per heavy atom. The molecule has 0 amide bonds. The maximum absolute atomic E-state index is 9.76. The first-order valence-corrected chi connectivity index (χ1v) is 7.68. The molecule has 1 atom stereocenters. The predicted octanol–water partition coefficient (Wildman–Crippen LogP) is 3.29. The standard InChI is InChI=1S/C17H27NO2/c1-14(15-8-4-5-9-16(15)20-2)18-12-17(13-19)10-6-3-7-11-17/h4-5,8-9,14,18-19H,3,6-7,10-13H2,1-2H3. The van der Waals surface area contributed by atoms with Crippen molar-refractivity contribution in [2.24, 2.45) is 5.41 Å². The van der Waals surface area contributed by atoms with E-state index in [0.29, 0.717) is 6.61 Å². The predicted molar refractivity (Wildman–Crippen MR) is 82.0 cm³/mol. The summed E-state index contributed by atoms with van der Waals surface area (Å²) in [5.41, 5.74) is 1.26. The minimum absolute atomic E-state index is 0.0779. The van der Waals surface area contributed by atoms with Gasteiger partial charge in [0.25, 0.3) is 0 Å². The largest absolute Gasteiger partial charge is 0.496 e. The van der Waals surface area contributed by atoms with Gasteiger partial charge in [-0.05, 0) is 25.8 Å². The minimum atomic E-state index is 0.0779. The van der Waals surface area contributed by atoms with Gasteiger partial charge in [0.15, 0.2) is 0 Å². The lowest BCUT2D eigenvalue weighted by molar-refractivity contribution is 0.0788. The molecule has 2 rings (SSSR count). The Morgan fingerprint density at radius 1 is 1.25 bits per heavy atom. The summed E-state index contributed by atoms with van der Waals surface area (Å²) >= 11 is 0. The van der Waals surface area contributed by atoms with Crippen molar-refractivity contribution in [2.45, 2.75) is 45.1 Å². The zero-order valence-corrected chi connectivity index (χ0v) is 12.7. The molecular weight excluding hydrogens is 250 g/mol. The molecule has 1 aromatic rings. The van der Waals surface area contributed by atoms with Crippen molar-refractivity contribution in [3.05, 3.63) is 29.8 Å². The van der Waals surface area contributed by atoms with Crippen LogP contribution >= 0.6 is 0 Å². The van der Waals surface area contributed by atoms with Crippen molar-refractivity contribution in [3.8, 4) is 5.75 Å². The van der Waals surface area contributed by atoms with Crippen LogP contribution in [-0.2, 0) is 0 Å². The number of hydrogen-bond acceptors (Lipinski definition) is 3. The molecule has 0 radical (unpaired) electrons. The Kier molecular flexibility index (Phi) is 5.44. The van der Waals surface area contributed by atoms with Crippen LogP contribution in [0.1, 0.15) is 50.6 Å². The van der Waals surface area contributed by atoms with Crippen molar-refractivity contribution in [2.75, 3.05) is 20.3 Å². The van der Waals surface area contributed by atoms with Crippen molar-refractivity contribution >= 4 is 0 Å². The third kappa shape index (κ3) is 3.53. The first-order valence-electron chi connectivity index (χ1n) is 7.68. The lowest BCUT2D eigenvalue weighted by Crippen LogP contribution is -2.40. The highest BCUT2D eigenvalue weighted by atomic mass is 16.5. The molecular formula is C17H27NO2. The summed E-state index contributed by atoms with van der Waals surface area (Å²) in [7, 11) is 1.71. The number of methoxy groups -OCH3 is 1. The molecule has 20 heavy (non-hydrogen) atoms. The van der Waals surface area contributed by atoms with Gasteiger partial charge in [-0.1, -0.05) is 37.5 Å². The van der Waals surface area contributed by atoms with E-state index >= 15 is 0 Å². The summed E-state index contributed by atoms with van der Waals surface area (Å²) in [6.07, 6.45) is 6.06. The highest BCUT2D eigenvalue weighted by Gasteiger charge is 2.31. The first-order chi connectivity index (χ1) is 9.71. The Bertz CT molecular complexity index is 413. The minimum Gasteiger partial charge on any atom is -0.496 e. The van der Waals surface area contributed by atoms with Gasteiger partial charge >= 0.3 is 0 Å². The molecule has 3 heteroatoms. The van der Waals surface area contributed by atoms with Crippen molar-refractivity contribution in [3.63, 3.8) is 0 Å². The lowest BCUT2D eigenvalue weighted by Gasteiger charge is -2.37. The Labute approximate surface area is 122 Å². The van der Waals surface area contributed by atoms with Gasteiger partial charge in [-0.25, -0.2) is 0 Å². The molecule has 2 N–H and O–H groups in total. The smallest absolute Gasteiger partial charge is 0.123 e. The summed E-state index contributed by atoms with van der Waals surface area (Å²) in [6, 6.07) is 8.36. The number of hydrogen-bond donors (Lipinski definition) is 2. The Hall–Kier alpha value is -1.06. The molecule has 1 unspecified atom stereocenters. The summed E-state index contributed by atoms with van der Waals surface area (Å²) in [5.74, 6) is 0.925. The quantitative estimate of drug-likeness (QED) is 0.838. The molecule has 1 aromatic carbocycles. The van der Waals surface area contributed by atoms with E-state index in [1.54, 1.807) is 7.11 Å². The summed E-state index contributed by atoms with van der Waals surface area (Å²) in [5, 5.41) is 13.4. The van der Waals surface area contributed by atoms with Crippen LogP contribution in [0.2, 0.25) is 0 Å². The van der Waals surface area contributed by atoms with Crippen LogP contribution in [0.5, 0.6) is 5.75 Å². The number of benzene rings is 1. The van der Waals surface area contributed by atoms with Crippen LogP contribution < -0.4 is 10.1 Å². The van der Waals surface area contributed by atoms with Crippen LogP contribution in [0.4, 0.5) is 0 Å². The molecule has 0 heterocycles. The highest BCUT2D eigenvalue weighted by Crippen LogP contribution is 2.36. The maximum Gasteiger partial charge on any atom is 0.123 e. The molecule has 0 aliphatic heterocycles. The van der Waals surface area contributed by atoms with Gasteiger partial charge in [-0.15, -0.1) is 0 Å². The molecule has 0 saturated heterocycles. The molecule has 1 fully saturated rings. The zero-order valence-electron chi connectivity index (χ0n) is 12.7. The number of nitrogens with one attached hydrogen (secondary N) is 1. The van der Waals surface area contributed by atoms with Gasteiger partial charge in [0, 0.05) is 30.2 Å². The van der Waals surface area contributed by atoms with Crippen LogP contribution in [0, 0.1) is 5.41 Å². The third-order valence-corrected chi connectivity index (χ3v) is 4.64. The second-order valence-corrected chi connectivity index (χ2v) is 6.06. The van der Waals surface area contributed by atoms with E-state index in [4.69, 9.17) is 4.74 Å². The van der Waals surface area contributed by atoms with Gasteiger partial charge in [-0.3, -0.25) is 0 Å². The van der Waals surface area contributed by atoms with Gasteiger partial charge < -0.3 is 15.2 Å². The number of rotatable bonds is 6. The van der Waals surface area contributed by atoms with E-state index in [2.05, 4.69) is 18.3 Å². The zero-order chi connectivity index (χ0) is 14.4. The SMILES string of the molecule is COc1ccccc1C(C)NCC1(CO)CCCCC1. The Morgan fingerprint density at radius 3 is 2.60 bits per heavy atom. The van der Waals surface area contributed by atoms with Crippen LogP contribution in [-0.4, -0.2) is 25.4 Å². The maximum atomic E-state index is 9.76. The highest BCUT2D eigenvalue weighted by molar-refractivity contribution is 5.35. The van der Waals surface area contributed by atoms with Gasteiger partial charge in [0.2, 0.25) is 0 Å².